The van der Waals surface area contributed by atoms with Crippen molar-refractivity contribution >= 4 is 0 Å². The van der Waals surface area contributed by atoms with Crippen molar-refractivity contribution in [3.63, 3.8) is 0 Å². The number of hydrogen-bond acceptors (Lipinski definition) is 3. The van der Waals surface area contributed by atoms with Crippen molar-refractivity contribution < 1.29 is 9.84 Å². The fraction of sp³-hybridized carbons (Fsp3) is 1.00. The molecule has 0 aromatic carbocycles. The van der Waals surface area contributed by atoms with Gasteiger partial charge in [0.2, 0.25) is 0 Å². The Labute approximate surface area is 106 Å². The van der Waals surface area contributed by atoms with E-state index in [1.807, 2.05) is 0 Å². The van der Waals surface area contributed by atoms with Crippen LogP contribution in [0.25, 0.3) is 0 Å². The topological polar surface area (TPSA) is 41.5 Å². The Kier molecular flexibility index (Phi) is 4.28. The molecule has 17 heavy (non-hydrogen) atoms. The molecule has 1 aliphatic rings. The predicted octanol–water partition coefficient (Wildman–Crippen LogP) is 2.47. The minimum Gasteiger partial charge on any atom is -0.396 e. The smallest absolute Gasteiger partial charge is 0.0787 e. The van der Waals surface area contributed by atoms with Gasteiger partial charge >= 0.3 is 0 Å². The van der Waals surface area contributed by atoms with E-state index in [-0.39, 0.29) is 23.3 Å². The zero-order valence-electron chi connectivity index (χ0n) is 12.3. The molecule has 0 aromatic rings. The summed E-state index contributed by atoms with van der Waals surface area (Å²) in [5.41, 5.74) is -0.203. The molecule has 1 aliphatic heterocycles. The molecule has 3 nitrogen and oxygen atoms in total. The lowest BCUT2D eigenvalue weighted by atomic mass is 9.88. The molecule has 0 aliphatic carbocycles. The number of aliphatic hydroxyl groups is 1. The van der Waals surface area contributed by atoms with Gasteiger partial charge in [0.15, 0.2) is 0 Å². The lowest BCUT2D eigenvalue weighted by Gasteiger charge is -2.37. The standard InChI is InChI=1S/C14H29NO2/c1-7-14(6,8-9-16)15-11-10-12(2,3)17-13(11,4)5/h11,15-16H,7-10H2,1-6H3. The summed E-state index contributed by atoms with van der Waals surface area (Å²) in [5, 5.41) is 12.9. The summed E-state index contributed by atoms with van der Waals surface area (Å²) < 4.78 is 6.09. The third-order valence-electron chi connectivity index (χ3n) is 4.04. The van der Waals surface area contributed by atoms with Crippen molar-refractivity contribution in [3.8, 4) is 0 Å². The van der Waals surface area contributed by atoms with E-state index < -0.39 is 0 Å². The second kappa shape index (κ2) is 4.87. The first-order chi connectivity index (χ1) is 7.64. The highest BCUT2D eigenvalue weighted by Crippen LogP contribution is 2.38. The fourth-order valence-electron chi connectivity index (χ4n) is 2.81. The van der Waals surface area contributed by atoms with Gasteiger partial charge in [0.25, 0.3) is 0 Å². The minimum atomic E-state index is -0.143. The second-order valence-electron chi connectivity index (χ2n) is 6.75. The van der Waals surface area contributed by atoms with Crippen molar-refractivity contribution in [2.75, 3.05) is 6.61 Å². The third-order valence-corrected chi connectivity index (χ3v) is 4.04. The summed E-state index contributed by atoms with van der Waals surface area (Å²) in [6, 6.07) is 0.342. The summed E-state index contributed by atoms with van der Waals surface area (Å²) in [6.45, 7) is 13.2. The van der Waals surface area contributed by atoms with Gasteiger partial charge in [-0.1, -0.05) is 6.92 Å². The van der Waals surface area contributed by atoms with E-state index in [0.29, 0.717) is 6.04 Å². The van der Waals surface area contributed by atoms with Crippen LogP contribution >= 0.6 is 0 Å². The van der Waals surface area contributed by atoms with Crippen molar-refractivity contribution in [3.05, 3.63) is 0 Å². The first kappa shape index (κ1) is 14.9. The molecule has 2 atom stereocenters. The third kappa shape index (κ3) is 3.67. The molecular weight excluding hydrogens is 214 g/mol. The van der Waals surface area contributed by atoms with Gasteiger partial charge in [0, 0.05) is 18.2 Å². The number of aliphatic hydroxyl groups excluding tert-OH is 1. The average Bonchev–Trinajstić information content (AvgIpc) is 2.34. The lowest BCUT2D eigenvalue weighted by molar-refractivity contribution is -0.0718. The fourth-order valence-corrected chi connectivity index (χ4v) is 2.81. The van der Waals surface area contributed by atoms with Gasteiger partial charge in [-0.3, -0.25) is 0 Å². The van der Waals surface area contributed by atoms with E-state index in [1.54, 1.807) is 0 Å². The quantitative estimate of drug-likeness (QED) is 0.779. The highest BCUT2D eigenvalue weighted by atomic mass is 16.5. The molecule has 0 bridgehead atoms. The zero-order valence-corrected chi connectivity index (χ0v) is 12.3. The largest absolute Gasteiger partial charge is 0.396 e. The van der Waals surface area contributed by atoms with E-state index in [0.717, 1.165) is 19.3 Å². The molecule has 102 valence electrons. The lowest BCUT2D eigenvalue weighted by Crippen LogP contribution is -2.54. The van der Waals surface area contributed by atoms with Gasteiger partial charge in [-0.25, -0.2) is 0 Å². The van der Waals surface area contributed by atoms with Gasteiger partial charge < -0.3 is 15.2 Å². The van der Waals surface area contributed by atoms with E-state index in [4.69, 9.17) is 9.84 Å². The molecule has 2 unspecified atom stereocenters. The van der Waals surface area contributed by atoms with Crippen molar-refractivity contribution in [1.82, 2.24) is 5.32 Å². The SMILES string of the molecule is CCC(C)(CCO)NC1CC(C)(C)OC1(C)C. The molecule has 0 radical (unpaired) electrons. The van der Waals surface area contributed by atoms with Crippen LogP contribution in [0.15, 0.2) is 0 Å². The highest BCUT2D eigenvalue weighted by molar-refractivity contribution is 5.02. The molecule has 2 N–H and O–H groups in total. The summed E-state index contributed by atoms with van der Waals surface area (Å²) in [7, 11) is 0. The molecule has 0 amide bonds. The summed E-state index contributed by atoms with van der Waals surface area (Å²) in [5.74, 6) is 0. The number of hydrogen-bond donors (Lipinski definition) is 2. The van der Waals surface area contributed by atoms with E-state index in [2.05, 4.69) is 46.9 Å². The predicted molar refractivity (Wildman–Crippen MR) is 71.2 cm³/mol. The second-order valence-corrected chi connectivity index (χ2v) is 6.75. The first-order valence-electron chi connectivity index (χ1n) is 6.73. The molecular formula is C14H29NO2. The molecule has 3 heteroatoms. The molecule has 0 spiro atoms. The van der Waals surface area contributed by atoms with Crippen LogP contribution in [0, 0.1) is 0 Å². The Hall–Kier alpha value is -0.120. The van der Waals surface area contributed by atoms with Gasteiger partial charge in [0.05, 0.1) is 11.2 Å². The molecule has 0 aromatic heterocycles. The Morgan fingerprint density at radius 2 is 1.94 bits per heavy atom. The maximum atomic E-state index is 9.17. The van der Waals surface area contributed by atoms with Crippen LogP contribution in [0.4, 0.5) is 0 Å². The molecule has 0 saturated carbocycles. The Balaban J connectivity index is 2.74. The van der Waals surface area contributed by atoms with Gasteiger partial charge in [-0.05, 0) is 53.9 Å². The van der Waals surface area contributed by atoms with Crippen LogP contribution in [0.3, 0.4) is 0 Å². The number of nitrogens with one attached hydrogen (secondary N) is 1. The van der Waals surface area contributed by atoms with Crippen LogP contribution in [0.1, 0.15) is 60.8 Å². The van der Waals surface area contributed by atoms with Crippen LogP contribution in [0.2, 0.25) is 0 Å². The van der Waals surface area contributed by atoms with Crippen molar-refractivity contribution in [1.29, 1.82) is 0 Å². The van der Waals surface area contributed by atoms with Crippen molar-refractivity contribution in [2.24, 2.45) is 0 Å². The summed E-state index contributed by atoms with van der Waals surface area (Å²) in [6.07, 6.45) is 2.82. The van der Waals surface area contributed by atoms with Crippen LogP contribution in [-0.4, -0.2) is 34.5 Å². The first-order valence-corrected chi connectivity index (χ1v) is 6.73. The van der Waals surface area contributed by atoms with E-state index >= 15 is 0 Å². The van der Waals surface area contributed by atoms with Crippen LogP contribution in [0.5, 0.6) is 0 Å². The van der Waals surface area contributed by atoms with Gasteiger partial charge in [0.1, 0.15) is 0 Å². The average molecular weight is 243 g/mol. The highest BCUT2D eigenvalue weighted by Gasteiger charge is 2.47. The molecule has 1 saturated heterocycles. The Morgan fingerprint density at radius 1 is 1.35 bits per heavy atom. The van der Waals surface area contributed by atoms with E-state index in [1.165, 1.54) is 0 Å². The minimum absolute atomic E-state index is 0.000463. The number of ether oxygens (including phenoxy) is 1. The normalized spacial score (nSPS) is 30.2. The van der Waals surface area contributed by atoms with Crippen molar-refractivity contribution in [2.45, 2.75) is 83.6 Å². The van der Waals surface area contributed by atoms with Crippen LogP contribution in [-0.2, 0) is 4.74 Å². The zero-order chi connectivity index (χ0) is 13.3. The number of rotatable bonds is 5. The Bertz CT molecular complexity index is 263. The molecule has 1 fully saturated rings. The van der Waals surface area contributed by atoms with Gasteiger partial charge in [-0.15, -0.1) is 0 Å². The maximum Gasteiger partial charge on any atom is 0.0787 e. The molecule has 1 rings (SSSR count). The Morgan fingerprint density at radius 3 is 2.29 bits per heavy atom. The monoisotopic (exact) mass is 243 g/mol. The summed E-state index contributed by atoms with van der Waals surface area (Å²) >= 11 is 0. The van der Waals surface area contributed by atoms with Crippen LogP contribution < -0.4 is 5.32 Å². The van der Waals surface area contributed by atoms with Gasteiger partial charge in [-0.2, -0.15) is 0 Å². The maximum absolute atomic E-state index is 9.17. The summed E-state index contributed by atoms with van der Waals surface area (Å²) in [4.78, 5) is 0. The molecule has 1 heterocycles. The van der Waals surface area contributed by atoms with E-state index in [9.17, 15) is 0 Å².